The van der Waals surface area contributed by atoms with Gasteiger partial charge >= 0.3 is 0 Å². The number of ether oxygens (including phenoxy) is 1. The number of halogens is 1. The summed E-state index contributed by atoms with van der Waals surface area (Å²) in [7, 11) is 1.66. The number of methoxy groups -OCH3 is 1. The van der Waals surface area contributed by atoms with Crippen molar-refractivity contribution < 1.29 is 4.74 Å². The number of rotatable bonds is 3. The Hall–Kier alpha value is -1.00. The predicted octanol–water partition coefficient (Wildman–Crippen LogP) is 5.01. The molecule has 108 valence electrons. The Labute approximate surface area is 128 Å². The molecule has 1 aromatic carbocycles. The molecule has 0 saturated heterocycles. The minimum Gasteiger partial charge on any atom is -0.494 e. The molecule has 1 heterocycles. The fraction of sp³-hybridized carbons (Fsp3) is 0.533. The molecular formula is C15H19ClN2OS. The zero-order chi connectivity index (χ0) is 14.1. The van der Waals surface area contributed by atoms with Gasteiger partial charge in [-0.15, -0.1) is 0 Å². The van der Waals surface area contributed by atoms with Crippen LogP contribution in [0.3, 0.4) is 0 Å². The van der Waals surface area contributed by atoms with Crippen molar-refractivity contribution in [3.05, 3.63) is 16.7 Å². The van der Waals surface area contributed by atoms with Gasteiger partial charge in [-0.3, -0.25) is 0 Å². The molecule has 20 heavy (non-hydrogen) atoms. The van der Waals surface area contributed by atoms with Crippen LogP contribution in [0.15, 0.2) is 6.07 Å². The van der Waals surface area contributed by atoms with Gasteiger partial charge in [0.1, 0.15) is 11.3 Å². The van der Waals surface area contributed by atoms with Crippen LogP contribution < -0.4 is 10.1 Å². The third-order valence-electron chi connectivity index (χ3n) is 3.97. The Bertz CT molecular complexity index is 620. The monoisotopic (exact) mass is 310 g/mol. The van der Waals surface area contributed by atoms with Crippen molar-refractivity contribution in [1.82, 2.24) is 4.98 Å². The number of thiazole rings is 1. The van der Waals surface area contributed by atoms with Crippen LogP contribution in [0, 0.1) is 6.92 Å². The van der Waals surface area contributed by atoms with E-state index in [0.29, 0.717) is 6.04 Å². The predicted molar refractivity (Wildman–Crippen MR) is 86.4 cm³/mol. The quantitative estimate of drug-likeness (QED) is 0.865. The summed E-state index contributed by atoms with van der Waals surface area (Å²) in [5, 5.41) is 5.30. The van der Waals surface area contributed by atoms with Gasteiger partial charge in [-0.05, 0) is 25.3 Å². The number of aryl methyl sites for hydroxylation is 1. The number of hydrogen-bond donors (Lipinski definition) is 1. The highest BCUT2D eigenvalue weighted by Gasteiger charge is 2.18. The molecule has 3 nitrogen and oxygen atoms in total. The lowest BCUT2D eigenvalue weighted by Gasteiger charge is -2.22. The summed E-state index contributed by atoms with van der Waals surface area (Å²) in [4.78, 5) is 4.70. The fourth-order valence-electron chi connectivity index (χ4n) is 2.78. The molecular weight excluding hydrogens is 292 g/mol. The molecule has 2 aromatic rings. The molecule has 1 aliphatic carbocycles. The maximum Gasteiger partial charge on any atom is 0.184 e. The maximum absolute atomic E-state index is 6.25. The number of fused-ring (bicyclic) bond motifs is 1. The van der Waals surface area contributed by atoms with Crippen LogP contribution in [0.4, 0.5) is 5.13 Å². The van der Waals surface area contributed by atoms with Gasteiger partial charge in [0.15, 0.2) is 5.13 Å². The second-order valence-electron chi connectivity index (χ2n) is 5.36. The van der Waals surface area contributed by atoms with E-state index >= 15 is 0 Å². The third kappa shape index (κ3) is 2.59. The van der Waals surface area contributed by atoms with Crippen LogP contribution in [0.2, 0.25) is 5.02 Å². The van der Waals surface area contributed by atoms with Gasteiger partial charge < -0.3 is 10.1 Å². The summed E-state index contributed by atoms with van der Waals surface area (Å²) < 4.78 is 6.52. The lowest BCUT2D eigenvalue weighted by Crippen LogP contribution is -2.21. The average Bonchev–Trinajstić information content (AvgIpc) is 2.88. The normalized spacial score (nSPS) is 16.6. The van der Waals surface area contributed by atoms with Crippen molar-refractivity contribution in [2.24, 2.45) is 0 Å². The standard InChI is InChI=1S/C15H19ClN2OS/c1-9-11(16)8-12(19-2)13-14(9)20-15(18-13)17-10-6-4-3-5-7-10/h8,10H,3-7H2,1-2H3,(H,17,18). The molecule has 1 saturated carbocycles. The van der Waals surface area contributed by atoms with Crippen molar-refractivity contribution in [2.75, 3.05) is 12.4 Å². The van der Waals surface area contributed by atoms with Crippen LogP contribution >= 0.6 is 22.9 Å². The number of anilines is 1. The summed E-state index contributed by atoms with van der Waals surface area (Å²) >= 11 is 7.93. The van der Waals surface area contributed by atoms with Crippen LogP contribution in [-0.4, -0.2) is 18.1 Å². The van der Waals surface area contributed by atoms with E-state index in [9.17, 15) is 0 Å². The van der Waals surface area contributed by atoms with Gasteiger partial charge in [0, 0.05) is 17.1 Å². The number of nitrogens with zero attached hydrogens (tertiary/aromatic N) is 1. The Morgan fingerprint density at radius 2 is 2.10 bits per heavy atom. The van der Waals surface area contributed by atoms with Gasteiger partial charge in [0.2, 0.25) is 0 Å². The first-order chi connectivity index (χ1) is 9.69. The van der Waals surface area contributed by atoms with Crippen molar-refractivity contribution in [1.29, 1.82) is 0 Å². The van der Waals surface area contributed by atoms with E-state index in [1.54, 1.807) is 18.4 Å². The number of hydrogen-bond acceptors (Lipinski definition) is 4. The number of nitrogens with one attached hydrogen (secondary N) is 1. The van der Waals surface area contributed by atoms with Gasteiger partial charge in [0.05, 0.1) is 11.8 Å². The minimum absolute atomic E-state index is 0.561. The third-order valence-corrected chi connectivity index (χ3v) is 5.47. The number of benzene rings is 1. The number of aromatic nitrogens is 1. The molecule has 3 rings (SSSR count). The minimum atomic E-state index is 0.561. The second kappa shape index (κ2) is 5.78. The summed E-state index contributed by atoms with van der Waals surface area (Å²) in [5.74, 6) is 0.753. The summed E-state index contributed by atoms with van der Waals surface area (Å²) in [5.41, 5.74) is 1.99. The van der Waals surface area contributed by atoms with Crippen LogP contribution in [0.25, 0.3) is 10.2 Å². The van der Waals surface area contributed by atoms with E-state index in [0.717, 1.165) is 31.7 Å². The first-order valence-electron chi connectivity index (χ1n) is 7.09. The van der Waals surface area contributed by atoms with Crippen LogP contribution in [-0.2, 0) is 0 Å². The fourth-order valence-corrected chi connectivity index (χ4v) is 4.09. The highest BCUT2D eigenvalue weighted by Crippen LogP contribution is 2.39. The lowest BCUT2D eigenvalue weighted by atomic mass is 9.96. The van der Waals surface area contributed by atoms with Crippen molar-refractivity contribution in [3.63, 3.8) is 0 Å². The summed E-state index contributed by atoms with van der Waals surface area (Å²) in [6, 6.07) is 2.41. The molecule has 5 heteroatoms. The Morgan fingerprint density at radius 1 is 1.35 bits per heavy atom. The maximum atomic E-state index is 6.25. The molecule has 0 radical (unpaired) electrons. The first kappa shape index (κ1) is 14.0. The van der Waals surface area contributed by atoms with Gasteiger partial charge in [-0.25, -0.2) is 4.98 Å². The molecule has 1 fully saturated rings. The molecule has 0 unspecified atom stereocenters. The van der Waals surface area contributed by atoms with Crippen molar-refractivity contribution in [3.8, 4) is 5.75 Å². The Balaban J connectivity index is 1.95. The van der Waals surface area contributed by atoms with Gasteiger partial charge in [-0.1, -0.05) is 42.2 Å². The van der Waals surface area contributed by atoms with Crippen LogP contribution in [0.5, 0.6) is 5.75 Å². The lowest BCUT2D eigenvalue weighted by molar-refractivity contribution is 0.419. The smallest absolute Gasteiger partial charge is 0.184 e. The zero-order valence-electron chi connectivity index (χ0n) is 11.8. The summed E-state index contributed by atoms with van der Waals surface area (Å²) in [6.07, 6.45) is 6.48. The highest BCUT2D eigenvalue weighted by molar-refractivity contribution is 7.22. The van der Waals surface area contributed by atoms with E-state index in [1.807, 2.05) is 13.0 Å². The van der Waals surface area contributed by atoms with E-state index in [-0.39, 0.29) is 0 Å². The molecule has 1 aliphatic rings. The van der Waals surface area contributed by atoms with E-state index in [2.05, 4.69) is 5.32 Å². The zero-order valence-corrected chi connectivity index (χ0v) is 13.4. The molecule has 0 bridgehead atoms. The van der Waals surface area contributed by atoms with Gasteiger partial charge in [0.25, 0.3) is 0 Å². The second-order valence-corrected chi connectivity index (χ2v) is 6.77. The van der Waals surface area contributed by atoms with Crippen LogP contribution in [0.1, 0.15) is 37.7 Å². The molecule has 0 atom stereocenters. The Kier molecular flexibility index (Phi) is 4.03. The first-order valence-corrected chi connectivity index (χ1v) is 8.28. The van der Waals surface area contributed by atoms with E-state index < -0.39 is 0 Å². The Morgan fingerprint density at radius 3 is 2.80 bits per heavy atom. The largest absolute Gasteiger partial charge is 0.494 e. The molecule has 0 spiro atoms. The van der Waals surface area contributed by atoms with Crippen molar-refractivity contribution >= 4 is 38.3 Å². The topological polar surface area (TPSA) is 34.1 Å². The average molecular weight is 311 g/mol. The SMILES string of the molecule is COc1cc(Cl)c(C)c2sc(NC3CCCCC3)nc12. The molecule has 1 aromatic heterocycles. The molecule has 0 amide bonds. The van der Waals surface area contributed by atoms with E-state index in [1.165, 1.54) is 32.1 Å². The van der Waals surface area contributed by atoms with Gasteiger partial charge in [-0.2, -0.15) is 0 Å². The highest BCUT2D eigenvalue weighted by atomic mass is 35.5. The van der Waals surface area contributed by atoms with E-state index in [4.69, 9.17) is 21.3 Å². The summed E-state index contributed by atoms with van der Waals surface area (Å²) in [6.45, 7) is 2.03. The molecule has 1 N–H and O–H groups in total. The molecule has 0 aliphatic heterocycles. The van der Waals surface area contributed by atoms with Crippen molar-refractivity contribution in [2.45, 2.75) is 45.1 Å².